The van der Waals surface area contributed by atoms with Gasteiger partial charge in [-0.1, -0.05) is 0 Å². The summed E-state index contributed by atoms with van der Waals surface area (Å²) in [6, 6.07) is 1.73. The number of nitrogens with one attached hydrogen (secondary N) is 1. The third-order valence-electron chi connectivity index (χ3n) is 5.16. The highest BCUT2D eigenvalue weighted by atomic mass is 16.5. The molecular formula is C18H27N5O4. The van der Waals surface area contributed by atoms with Gasteiger partial charge in [0.15, 0.2) is 0 Å². The number of carbonyl (C=O) groups is 2. The molecule has 2 fully saturated rings. The van der Waals surface area contributed by atoms with Crippen LogP contribution in [-0.4, -0.2) is 70.8 Å². The minimum atomic E-state index is -0.730. The summed E-state index contributed by atoms with van der Waals surface area (Å²) in [4.78, 5) is 36.0. The molecule has 1 aliphatic heterocycles. The Hall–Kier alpha value is -2.58. The first-order valence-corrected chi connectivity index (χ1v) is 9.56. The van der Waals surface area contributed by atoms with Crippen LogP contribution in [0.25, 0.3) is 0 Å². The van der Waals surface area contributed by atoms with Crippen LogP contribution in [0.2, 0.25) is 0 Å². The van der Waals surface area contributed by atoms with E-state index in [0.717, 1.165) is 12.8 Å². The lowest BCUT2D eigenvalue weighted by atomic mass is 9.86. The number of urea groups is 1. The van der Waals surface area contributed by atoms with Crippen LogP contribution in [0.3, 0.4) is 0 Å². The second-order valence-electron chi connectivity index (χ2n) is 6.94. The number of anilines is 1. The molecule has 27 heavy (non-hydrogen) atoms. The van der Waals surface area contributed by atoms with E-state index < -0.39 is 5.97 Å². The minimum Gasteiger partial charge on any atom is -0.481 e. The predicted molar refractivity (Wildman–Crippen MR) is 98.9 cm³/mol. The smallest absolute Gasteiger partial charge is 0.317 e. The lowest BCUT2D eigenvalue weighted by molar-refractivity contribution is -0.142. The molecule has 9 heteroatoms. The summed E-state index contributed by atoms with van der Waals surface area (Å²) in [5.74, 6) is 0.174. The van der Waals surface area contributed by atoms with Gasteiger partial charge in [0.1, 0.15) is 0 Å². The molecule has 0 atom stereocenters. The van der Waals surface area contributed by atoms with Gasteiger partial charge in [-0.25, -0.2) is 9.78 Å². The first-order chi connectivity index (χ1) is 13.1. The first kappa shape index (κ1) is 19.2. The highest BCUT2D eigenvalue weighted by Crippen LogP contribution is 2.24. The number of ether oxygens (including phenoxy) is 1. The Kier molecular flexibility index (Phi) is 6.31. The Balaban J connectivity index is 1.45. The quantitative estimate of drug-likeness (QED) is 0.797. The number of carboxylic acids is 1. The summed E-state index contributed by atoms with van der Waals surface area (Å²) >= 11 is 0. The average molecular weight is 377 g/mol. The number of carboxylic acid groups (broad SMARTS) is 1. The first-order valence-electron chi connectivity index (χ1n) is 9.56. The monoisotopic (exact) mass is 377 g/mol. The standard InChI is InChI=1S/C18H27N5O4/c1-2-27-15-7-8-19-17(21-15)22-9-11-23(12-10-22)18(26)20-14-5-3-13(4-6-14)16(24)25/h7-8,13-14H,2-6,9-12H2,1H3,(H,20,26)(H,24,25). The topological polar surface area (TPSA) is 108 Å². The van der Waals surface area contributed by atoms with Crippen molar-refractivity contribution in [2.75, 3.05) is 37.7 Å². The predicted octanol–water partition coefficient (Wildman–Crippen LogP) is 1.35. The van der Waals surface area contributed by atoms with E-state index in [0.29, 0.717) is 57.5 Å². The van der Waals surface area contributed by atoms with Crippen molar-refractivity contribution in [3.8, 4) is 5.88 Å². The van der Waals surface area contributed by atoms with Crippen LogP contribution in [-0.2, 0) is 4.79 Å². The zero-order chi connectivity index (χ0) is 19.2. The fraction of sp³-hybridized carbons (Fsp3) is 0.667. The summed E-state index contributed by atoms with van der Waals surface area (Å²) in [7, 11) is 0. The molecule has 2 N–H and O–H groups in total. The van der Waals surface area contributed by atoms with E-state index in [9.17, 15) is 9.59 Å². The number of carbonyl (C=O) groups excluding carboxylic acids is 1. The number of hydrogen-bond donors (Lipinski definition) is 2. The summed E-state index contributed by atoms with van der Waals surface area (Å²) in [5, 5.41) is 12.1. The van der Waals surface area contributed by atoms with Crippen molar-refractivity contribution in [3.05, 3.63) is 12.3 Å². The second kappa shape index (κ2) is 8.88. The molecule has 2 heterocycles. The second-order valence-corrected chi connectivity index (χ2v) is 6.94. The molecule has 1 saturated carbocycles. The maximum absolute atomic E-state index is 12.5. The highest BCUT2D eigenvalue weighted by molar-refractivity contribution is 5.75. The van der Waals surface area contributed by atoms with Gasteiger partial charge in [0.2, 0.25) is 11.8 Å². The molecule has 2 amide bonds. The van der Waals surface area contributed by atoms with Crippen LogP contribution >= 0.6 is 0 Å². The number of amides is 2. The minimum absolute atomic E-state index is 0.0670. The number of piperazine rings is 1. The number of nitrogens with zero attached hydrogens (tertiary/aromatic N) is 4. The summed E-state index contributed by atoms with van der Waals surface area (Å²) in [6.07, 6.45) is 4.38. The number of aromatic nitrogens is 2. The molecule has 1 aromatic rings. The SMILES string of the molecule is CCOc1ccnc(N2CCN(C(=O)NC3CCC(C(=O)O)CC3)CC2)n1. The van der Waals surface area contributed by atoms with Gasteiger partial charge in [-0.05, 0) is 32.6 Å². The van der Waals surface area contributed by atoms with Crippen LogP contribution in [0.4, 0.5) is 10.7 Å². The Morgan fingerprint density at radius 2 is 1.93 bits per heavy atom. The van der Waals surface area contributed by atoms with Crippen molar-refractivity contribution in [1.82, 2.24) is 20.2 Å². The maximum atomic E-state index is 12.5. The zero-order valence-corrected chi connectivity index (χ0v) is 15.6. The maximum Gasteiger partial charge on any atom is 0.317 e. The van der Waals surface area contributed by atoms with Gasteiger partial charge in [-0.2, -0.15) is 4.98 Å². The third-order valence-corrected chi connectivity index (χ3v) is 5.16. The van der Waals surface area contributed by atoms with E-state index in [2.05, 4.69) is 15.3 Å². The van der Waals surface area contributed by atoms with Gasteiger partial charge >= 0.3 is 12.0 Å². The van der Waals surface area contributed by atoms with Gasteiger partial charge in [-0.3, -0.25) is 4.79 Å². The fourth-order valence-corrected chi connectivity index (χ4v) is 3.57. The van der Waals surface area contributed by atoms with E-state index in [-0.39, 0.29) is 18.0 Å². The Bertz CT molecular complexity index is 655. The van der Waals surface area contributed by atoms with E-state index in [1.54, 1.807) is 17.2 Å². The van der Waals surface area contributed by atoms with E-state index in [1.165, 1.54) is 0 Å². The van der Waals surface area contributed by atoms with Crippen molar-refractivity contribution in [1.29, 1.82) is 0 Å². The molecular weight excluding hydrogens is 350 g/mol. The summed E-state index contributed by atoms with van der Waals surface area (Å²) in [5.41, 5.74) is 0. The van der Waals surface area contributed by atoms with Gasteiger partial charge < -0.3 is 25.0 Å². The molecule has 9 nitrogen and oxygen atoms in total. The van der Waals surface area contributed by atoms with Crippen molar-refractivity contribution in [3.63, 3.8) is 0 Å². The molecule has 148 valence electrons. The zero-order valence-electron chi connectivity index (χ0n) is 15.6. The number of hydrogen-bond acceptors (Lipinski definition) is 6. The van der Waals surface area contributed by atoms with E-state index in [1.807, 2.05) is 11.8 Å². The van der Waals surface area contributed by atoms with Crippen LogP contribution in [0, 0.1) is 5.92 Å². The molecule has 0 aromatic carbocycles. The van der Waals surface area contributed by atoms with Crippen LogP contribution < -0.4 is 15.0 Å². The largest absolute Gasteiger partial charge is 0.481 e. The van der Waals surface area contributed by atoms with Gasteiger partial charge in [0.25, 0.3) is 0 Å². The van der Waals surface area contributed by atoms with Gasteiger partial charge in [-0.15, -0.1) is 0 Å². The van der Waals surface area contributed by atoms with Crippen LogP contribution in [0.5, 0.6) is 5.88 Å². The molecule has 0 unspecified atom stereocenters. The average Bonchev–Trinajstić information content (AvgIpc) is 2.69. The van der Waals surface area contributed by atoms with E-state index in [4.69, 9.17) is 9.84 Å². The molecule has 2 aliphatic rings. The Morgan fingerprint density at radius 1 is 1.22 bits per heavy atom. The number of rotatable bonds is 5. The van der Waals surface area contributed by atoms with Crippen molar-refractivity contribution in [2.45, 2.75) is 38.6 Å². The molecule has 0 spiro atoms. The highest BCUT2D eigenvalue weighted by Gasteiger charge is 2.29. The fourth-order valence-electron chi connectivity index (χ4n) is 3.57. The van der Waals surface area contributed by atoms with Crippen molar-refractivity contribution < 1.29 is 19.4 Å². The molecule has 1 aromatic heterocycles. The van der Waals surface area contributed by atoms with Crippen molar-refractivity contribution >= 4 is 17.9 Å². The summed E-state index contributed by atoms with van der Waals surface area (Å²) < 4.78 is 5.41. The normalized spacial score (nSPS) is 23.0. The molecule has 1 aliphatic carbocycles. The van der Waals surface area contributed by atoms with Gasteiger partial charge in [0.05, 0.1) is 12.5 Å². The van der Waals surface area contributed by atoms with E-state index >= 15 is 0 Å². The Labute approximate surface area is 158 Å². The van der Waals surface area contributed by atoms with Gasteiger partial charge in [0, 0.05) is 44.5 Å². The van der Waals surface area contributed by atoms with Crippen LogP contribution in [0.15, 0.2) is 12.3 Å². The molecule has 0 radical (unpaired) electrons. The molecule has 1 saturated heterocycles. The lowest BCUT2D eigenvalue weighted by Gasteiger charge is -2.36. The molecule has 0 bridgehead atoms. The molecule has 3 rings (SSSR count). The third kappa shape index (κ3) is 4.99. The Morgan fingerprint density at radius 3 is 2.56 bits per heavy atom. The summed E-state index contributed by atoms with van der Waals surface area (Å²) in [6.45, 7) is 4.98. The van der Waals surface area contributed by atoms with Crippen LogP contribution in [0.1, 0.15) is 32.6 Å². The van der Waals surface area contributed by atoms with Crippen molar-refractivity contribution in [2.24, 2.45) is 5.92 Å². The lowest BCUT2D eigenvalue weighted by Crippen LogP contribution is -2.54. The number of aliphatic carboxylic acids is 1.